The average molecular weight is 520 g/mol. The minimum atomic E-state index is -0.923. The third-order valence-electron chi connectivity index (χ3n) is 6.82. The summed E-state index contributed by atoms with van der Waals surface area (Å²) in [6, 6.07) is 21.6. The molecule has 0 aliphatic carbocycles. The van der Waals surface area contributed by atoms with Crippen LogP contribution in [0.15, 0.2) is 66.7 Å². The van der Waals surface area contributed by atoms with E-state index in [9.17, 15) is 14.7 Å². The number of benzene rings is 3. The Morgan fingerprint density at radius 3 is 2.35 bits per heavy atom. The highest BCUT2D eigenvalue weighted by atomic mass is 35.5. The van der Waals surface area contributed by atoms with Crippen molar-refractivity contribution in [2.45, 2.75) is 64.5 Å². The number of carboxylic acids is 1. The van der Waals surface area contributed by atoms with E-state index >= 15 is 0 Å². The lowest BCUT2D eigenvalue weighted by atomic mass is 9.91. The largest absolute Gasteiger partial charge is 0.487 e. The molecule has 0 fully saturated rings. The SMILES string of the molecule is CCCCc1ccc(CN(CCC(=O)O)C(=O)c2ccc3c(c2)C[C@@](C)(Cc2ccc(Cl)cc2)O3)cc1. The monoisotopic (exact) mass is 519 g/mol. The van der Waals surface area contributed by atoms with Crippen LogP contribution >= 0.6 is 11.6 Å². The molecule has 37 heavy (non-hydrogen) atoms. The van der Waals surface area contributed by atoms with E-state index in [0.717, 1.165) is 48.1 Å². The zero-order chi connectivity index (χ0) is 26.4. The average Bonchev–Trinajstić information content (AvgIpc) is 3.21. The normalized spacial score (nSPS) is 16.2. The van der Waals surface area contributed by atoms with Crippen LogP contribution in [0.5, 0.6) is 5.75 Å². The lowest BCUT2D eigenvalue weighted by molar-refractivity contribution is -0.137. The van der Waals surface area contributed by atoms with Crippen LogP contribution in [-0.4, -0.2) is 34.0 Å². The molecule has 1 heterocycles. The number of hydrogen-bond donors (Lipinski definition) is 1. The van der Waals surface area contributed by atoms with Gasteiger partial charge in [-0.05, 0) is 72.4 Å². The summed E-state index contributed by atoms with van der Waals surface area (Å²) in [5.41, 5.74) is 4.51. The standard InChI is InChI=1S/C31H34ClNO4/c1-3-4-5-22-6-8-24(9-7-22)21-33(17-16-29(34)35)30(36)25-12-15-28-26(18-25)20-31(2,37-28)19-23-10-13-27(32)14-11-23/h6-15,18H,3-5,16-17,19-21H2,1-2H3,(H,34,35)/t31-/m1/s1. The van der Waals surface area contributed by atoms with E-state index < -0.39 is 11.6 Å². The Hall–Kier alpha value is -3.31. The Morgan fingerprint density at radius 1 is 1.00 bits per heavy atom. The maximum atomic E-state index is 13.5. The van der Waals surface area contributed by atoms with E-state index in [4.69, 9.17) is 16.3 Å². The van der Waals surface area contributed by atoms with E-state index in [1.54, 1.807) is 11.0 Å². The summed E-state index contributed by atoms with van der Waals surface area (Å²) in [6.45, 7) is 4.76. The molecule has 1 N–H and O–H groups in total. The van der Waals surface area contributed by atoms with Gasteiger partial charge in [-0.2, -0.15) is 0 Å². The first kappa shape index (κ1) is 26.7. The van der Waals surface area contributed by atoms with E-state index in [1.807, 2.05) is 48.5 Å². The molecule has 1 amide bonds. The number of amides is 1. The molecule has 0 spiro atoms. The van der Waals surface area contributed by atoms with Crippen molar-refractivity contribution in [3.8, 4) is 5.75 Å². The quantitative estimate of drug-likeness (QED) is 0.305. The van der Waals surface area contributed by atoms with E-state index in [0.29, 0.717) is 23.6 Å². The molecule has 6 heteroatoms. The zero-order valence-corrected chi connectivity index (χ0v) is 22.3. The fraction of sp³-hybridized carbons (Fsp3) is 0.355. The molecule has 0 aromatic heterocycles. The number of rotatable bonds is 11. The highest BCUT2D eigenvalue weighted by molar-refractivity contribution is 6.30. The second-order valence-corrected chi connectivity index (χ2v) is 10.6. The molecular weight excluding hydrogens is 486 g/mol. The van der Waals surface area contributed by atoms with Crippen molar-refractivity contribution in [3.05, 3.63) is 99.6 Å². The number of aliphatic carboxylic acids is 1. The second-order valence-electron chi connectivity index (χ2n) is 10.1. The highest BCUT2D eigenvalue weighted by Crippen LogP contribution is 2.38. The van der Waals surface area contributed by atoms with Crippen molar-refractivity contribution < 1.29 is 19.4 Å². The highest BCUT2D eigenvalue weighted by Gasteiger charge is 2.35. The van der Waals surface area contributed by atoms with Crippen molar-refractivity contribution in [1.29, 1.82) is 0 Å². The van der Waals surface area contributed by atoms with Crippen molar-refractivity contribution in [3.63, 3.8) is 0 Å². The molecule has 0 bridgehead atoms. The number of ether oxygens (including phenoxy) is 1. The van der Waals surface area contributed by atoms with Crippen LogP contribution in [0.4, 0.5) is 0 Å². The molecule has 4 rings (SSSR count). The molecule has 1 atom stereocenters. The Labute approximate surface area is 224 Å². The van der Waals surface area contributed by atoms with Crippen LogP contribution in [0, 0.1) is 0 Å². The van der Waals surface area contributed by atoms with Crippen LogP contribution in [-0.2, 0) is 30.6 Å². The van der Waals surface area contributed by atoms with Crippen LogP contribution in [0.25, 0.3) is 0 Å². The first-order valence-electron chi connectivity index (χ1n) is 12.9. The number of unbranched alkanes of at least 4 members (excludes halogenated alkanes) is 1. The number of carboxylic acid groups (broad SMARTS) is 1. The zero-order valence-electron chi connectivity index (χ0n) is 21.5. The summed E-state index contributed by atoms with van der Waals surface area (Å²) in [7, 11) is 0. The van der Waals surface area contributed by atoms with Crippen molar-refractivity contribution in [2.75, 3.05) is 6.54 Å². The molecule has 3 aromatic carbocycles. The summed E-state index contributed by atoms with van der Waals surface area (Å²) in [6.07, 6.45) is 4.62. The van der Waals surface area contributed by atoms with Crippen LogP contribution in [0.3, 0.4) is 0 Å². The third kappa shape index (κ3) is 7.14. The number of aryl methyl sites for hydroxylation is 1. The molecule has 0 saturated carbocycles. The van der Waals surface area contributed by atoms with Gasteiger partial charge in [-0.25, -0.2) is 0 Å². The van der Waals surface area contributed by atoms with E-state index in [-0.39, 0.29) is 18.9 Å². The predicted octanol–water partition coefficient (Wildman–Crippen LogP) is 6.74. The number of fused-ring (bicyclic) bond motifs is 1. The molecular formula is C31H34ClNO4. The fourth-order valence-electron chi connectivity index (χ4n) is 4.87. The maximum absolute atomic E-state index is 13.5. The summed E-state index contributed by atoms with van der Waals surface area (Å²) in [4.78, 5) is 26.5. The number of carbonyl (C=O) groups is 2. The Balaban J connectivity index is 1.48. The lowest BCUT2D eigenvalue weighted by Gasteiger charge is -2.24. The van der Waals surface area contributed by atoms with Gasteiger partial charge in [0.25, 0.3) is 5.91 Å². The topological polar surface area (TPSA) is 66.8 Å². The van der Waals surface area contributed by atoms with Crippen molar-refractivity contribution in [1.82, 2.24) is 4.90 Å². The van der Waals surface area contributed by atoms with Gasteiger partial charge in [-0.3, -0.25) is 9.59 Å². The number of halogens is 1. The Bertz CT molecular complexity index is 1240. The third-order valence-corrected chi connectivity index (χ3v) is 7.07. The maximum Gasteiger partial charge on any atom is 0.305 e. The van der Waals surface area contributed by atoms with Crippen molar-refractivity contribution in [2.24, 2.45) is 0 Å². The first-order valence-corrected chi connectivity index (χ1v) is 13.3. The predicted molar refractivity (Wildman–Crippen MR) is 146 cm³/mol. The number of carbonyl (C=O) groups excluding carboxylic acids is 1. The molecule has 194 valence electrons. The number of hydrogen-bond acceptors (Lipinski definition) is 3. The van der Waals surface area contributed by atoms with Crippen LogP contribution in [0.1, 0.15) is 65.7 Å². The van der Waals surface area contributed by atoms with Gasteiger partial charge in [0, 0.05) is 36.5 Å². The van der Waals surface area contributed by atoms with Gasteiger partial charge in [0.15, 0.2) is 0 Å². The number of nitrogens with zero attached hydrogens (tertiary/aromatic N) is 1. The van der Waals surface area contributed by atoms with Gasteiger partial charge in [0.2, 0.25) is 0 Å². The van der Waals surface area contributed by atoms with Gasteiger partial charge in [0.1, 0.15) is 11.4 Å². The minimum Gasteiger partial charge on any atom is -0.487 e. The Morgan fingerprint density at radius 2 is 1.68 bits per heavy atom. The van der Waals surface area contributed by atoms with Gasteiger partial charge in [-0.1, -0.05) is 61.3 Å². The van der Waals surface area contributed by atoms with Gasteiger partial charge in [-0.15, -0.1) is 0 Å². The van der Waals surface area contributed by atoms with Crippen molar-refractivity contribution >= 4 is 23.5 Å². The summed E-state index contributed by atoms with van der Waals surface area (Å²) in [5, 5.41) is 9.96. The van der Waals surface area contributed by atoms with Crippen LogP contribution in [0.2, 0.25) is 5.02 Å². The van der Waals surface area contributed by atoms with Gasteiger partial charge in [0.05, 0.1) is 6.42 Å². The fourth-order valence-corrected chi connectivity index (χ4v) is 4.99. The molecule has 5 nitrogen and oxygen atoms in total. The molecule has 0 saturated heterocycles. The summed E-state index contributed by atoms with van der Waals surface area (Å²) >= 11 is 6.02. The molecule has 3 aromatic rings. The minimum absolute atomic E-state index is 0.104. The first-order chi connectivity index (χ1) is 17.7. The smallest absolute Gasteiger partial charge is 0.305 e. The van der Waals surface area contributed by atoms with Gasteiger partial charge >= 0.3 is 5.97 Å². The molecule has 0 unspecified atom stereocenters. The Kier molecular flexibility index (Phi) is 8.55. The molecule has 1 aliphatic rings. The summed E-state index contributed by atoms with van der Waals surface area (Å²) < 4.78 is 6.30. The second kappa shape index (κ2) is 11.8. The van der Waals surface area contributed by atoms with Crippen LogP contribution < -0.4 is 4.74 Å². The molecule has 0 radical (unpaired) electrons. The van der Waals surface area contributed by atoms with E-state index in [2.05, 4.69) is 26.0 Å². The van der Waals surface area contributed by atoms with E-state index in [1.165, 1.54) is 5.56 Å². The molecule has 1 aliphatic heterocycles. The van der Waals surface area contributed by atoms with Gasteiger partial charge < -0.3 is 14.7 Å². The lowest BCUT2D eigenvalue weighted by Crippen LogP contribution is -2.33. The summed E-state index contributed by atoms with van der Waals surface area (Å²) in [5.74, 6) is -0.314.